The Morgan fingerprint density at radius 2 is 1.35 bits per heavy atom. The number of carbonyl (C=O) groups excluding carboxylic acids is 2. The first-order chi connectivity index (χ1) is 18.0. The van der Waals surface area contributed by atoms with E-state index < -0.39 is 7.40 Å². The monoisotopic (exact) mass is 490 g/mol. The van der Waals surface area contributed by atoms with Gasteiger partial charge in [-0.1, -0.05) is 78.4 Å². The van der Waals surface area contributed by atoms with Crippen molar-refractivity contribution < 1.29 is 18.2 Å². The average Bonchev–Trinajstić information content (AvgIpc) is 3.59. The Hall–Kier alpha value is -4.65. The molecule has 3 aromatic carbocycles. The quantitative estimate of drug-likeness (QED) is 0.214. The van der Waals surface area contributed by atoms with Crippen LogP contribution in [-0.4, -0.2) is 30.2 Å². The number of rotatable bonds is 7. The zero-order chi connectivity index (χ0) is 25.9. The first-order valence-corrected chi connectivity index (χ1v) is 11.7. The van der Waals surface area contributed by atoms with Crippen LogP contribution in [0.5, 0.6) is 0 Å². The summed E-state index contributed by atoms with van der Waals surface area (Å²) in [7, 11) is -2.81. The van der Waals surface area contributed by atoms with E-state index in [1.165, 1.54) is 0 Å². The molecule has 0 aliphatic carbocycles. The van der Waals surface area contributed by atoms with E-state index in [2.05, 4.69) is 0 Å². The molecule has 0 unspecified atom stereocenters. The predicted molar refractivity (Wildman–Crippen MR) is 143 cm³/mol. The molecule has 0 bridgehead atoms. The van der Waals surface area contributed by atoms with E-state index in [0.717, 1.165) is 33.7 Å². The second-order valence-electron chi connectivity index (χ2n) is 8.69. The first kappa shape index (κ1) is 24.1. The third-order valence-corrected chi connectivity index (χ3v) is 6.29. The summed E-state index contributed by atoms with van der Waals surface area (Å²) in [4.78, 5) is 26.9. The molecule has 0 spiro atoms. The lowest BCUT2D eigenvalue weighted by atomic mass is 9.98. The van der Waals surface area contributed by atoms with Crippen molar-refractivity contribution in [2.75, 3.05) is 0 Å². The fourth-order valence-electron chi connectivity index (χ4n) is 4.37. The topological polar surface area (TPSA) is 51.4 Å². The van der Waals surface area contributed by atoms with Crippen LogP contribution in [-0.2, 0) is 0 Å². The van der Waals surface area contributed by atoms with Gasteiger partial charge in [-0.15, -0.1) is 0 Å². The van der Waals surface area contributed by atoms with E-state index in [1.807, 2.05) is 55.5 Å². The summed E-state index contributed by atoms with van der Waals surface area (Å²) in [5.41, 5.74) is 6.71. The molecule has 0 fully saturated rings. The molecule has 0 radical (unpaired) electrons. The fraction of sp³-hybridized carbons (Fsp3) is 0.0333. The highest BCUT2D eigenvalue weighted by Crippen LogP contribution is 2.35. The van der Waals surface area contributed by atoms with Crippen molar-refractivity contribution in [3.63, 3.8) is 0 Å². The lowest BCUT2D eigenvalue weighted by molar-refractivity contribution is 0.111. The van der Waals surface area contributed by atoms with E-state index in [-0.39, 0.29) is 0 Å². The second-order valence-corrected chi connectivity index (χ2v) is 8.69. The Morgan fingerprint density at radius 3 is 1.92 bits per heavy atom. The minimum absolute atomic E-state index is 0.328. The molecule has 0 atom stereocenters. The van der Waals surface area contributed by atoms with Crippen LogP contribution in [0.4, 0.5) is 8.63 Å². The molecule has 0 saturated carbocycles. The van der Waals surface area contributed by atoms with Gasteiger partial charge in [0.25, 0.3) is 0 Å². The van der Waals surface area contributed by atoms with Crippen LogP contribution < -0.4 is 0 Å². The van der Waals surface area contributed by atoms with Crippen LogP contribution in [0.2, 0.25) is 0 Å². The summed E-state index contributed by atoms with van der Waals surface area (Å²) < 4.78 is 30.2. The Balaban J connectivity index is 1.69. The van der Waals surface area contributed by atoms with Gasteiger partial charge in [0.05, 0.1) is 11.4 Å². The largest absolute Gasteiger partial charge is 0.678 e. The lowest BCUT2D eigenvalue weighted by Gasteiger charge is -2.15. The molecular formula is C30H21BF2N2O2. The molecule has 2 heterocycles. The van der Waals surface area contributed by atoms with E-state index >= 15 is 0 Å². The molecule has 0 saturated heterocycles. The summed E-state index contributed by atoms with van der Waals surface area (Å²) >= 11 is 0. The first-order valence-electron chi connectivity index (χ1n) is 11.7. The van der Waals surface area contributed by atoms with Gasteiger partial charge < -0.3 is 4.48 Å². The Morgan fingerprint density at radius 1 is 0.757 bits per heavy atom. The van der Waals surface area contributed by atoms with Gasteiger partial charge in [0.2, 0.25) is 0 Å². The van der Waals surface area contributed by atoms with Crippen molar-refractivity contribution in [2.45, 2.75) is 6.92 Å². The number of aryl methyl sites for hydroxylation is 1. The summed E-state index contributed by atoms with van der Waals surface area (Å²) in [5.74, 6) is 0. The number of aromatic nitrogens is 1. The molecule has 37 heavy (non-hydrogen) atoms. The zero-order valence-corrected chi connectivity index (χ0v) is 19.9. The summed E-state index contributed by atoms with van der Waals surface area (Å²) in [5, 5.41) is 0. The smallest absolute Gasteiger partial charge is 0.325 e. The number of benzene rings is 3. The number of nitrogens with zero attached hydrogens (tertiary/aromatic N) is 2. The summed E-state index contributed by atoms with van der Waals surface area (Å²) in [6.07, 6.45) is 5.16. The number of carbonyl (C=O) groups is 2. The van der Waals surface area contributed by atoms with Crippen molar-refractivity contribution in [3.05, 3.63) is 136 Å². The molecule has 180 valence electrons. The van der Waals surface area contributed by atoms with E-state index in [0.29, 0.717) is 45.1 Å². The van der Waals surface area contributed by atoms with Gasteiger partial charge >= 0.3 is 7.40 Å². The van der Waals surface area contributed by atoms with Crippen molar-refractivity contribution in [1.82, 2.24) is 4.48 Å². The fourth-order valence-corrected chi connectivity index (χ4v) is 4.37. The summed E-state index contributed by atoms with van der Waals surface area (Å²) in [6.45, 7) is 1.97. The van der Waals surface area contributed by atoms with Crippen LogP contribution in [0.1, 0.15) is 43.1 Å². The molecule has 4 nitrogen and oxygen atoms in total. The minimum Gasteiger partial charge on any atom is -0.325 e. The standard InChI is InChI=1S/C30H21BF2N2O2/c1-20-2-8-25(9-3-20)30(27-15-14-26(34-27)23-10-4-21(18-36)5-11-23)29-17-16-28(35(29)31(32)33)24-12-6-22(19-37)7-13-24/h2-19H,1H3/b30-27-. The maximum atomic E-state index is 14.6. The van der Waals surface area contributed by atoms with E-state index in [1.54, 1.807) is 48.5 Å². The number of hydrogen-bond acceptors (Lipinski definition) is 3. The molecule has 1 aromatic heterocycles. The van der Waals surface area contributed by atoms with Gasteiger partial charge in [0.15, 0.2) is 0 Å². The van der Waals surface area contributed by atoms with E-state index in [4.69, 9.17) is 4.99 Å². The maximum absolute atomic E-state index is 14.6. The number of aldehydes is 2. The normalized spacial score (nSPS) is 13.9. The van der Waals surface area contributed by atoms with Gasteiger partial charge in [-0.2, -0.15) is 0 Å². The van der Waals surface area contributed by atoms with Crippen molar-refractivity contribution in [3.8, 4) is 11.3 Å². The molecule has 1 aliphatic rings. The lowest BCUT2D eigenvalue weighted by Crippen LogP contribution is -2.17. The second kappa shape index (κ2) is 10.1. The molecule has 1 aliphatic heterocycles. The van der Waals surface area contributed by atoms with Gasteiger partial charge in [-0.25, -0.2) is 4.99 Å². The molecule has 0 amide bonds. The maximum Gasteiger partial charge on any atom is 0.678 e. The van der Waals surface area contributed by atoms with Crippen LogP contribution >= 0.6 is 0 Å². The number of halogens is 2. The third-order valence-electron chi connectivity index (χ3n) is 6.29. The van der Waals surface area contributed by atoms with E-state index in [9.17, 15) is 18.2 Å². The van der Waals surface area contributed by atoms with Crippen LogP contribution in [0.15, 0.2) is 108 Å². The van der Waals surface area contributed by atoms with Crippen molar-refractivity contribution in [2.24, 2.45) is 4.99 Å². The van der Waals surface area contributed by atoms with Crippen molar-refractivity contribution >= 4 is 31.3 Å². The molecule has 7 heteroatoms. The number of hydrogen-bond donors (Lipinski definition) is 0. The van der Waals surface area contributed by atoms with Gasteiger partial charge in [0.1, 0.15) is 12.6 Å². The molecule has 5 rings (SSSR count). The highest BCUT2D eigenvalue weighted by Gasteiger charge is 2.28. The zero-order valence-electron chi connectivity index (χ0n) is 19.9. The van der Waals surface area contributed by atoms with Crippen LogP contribution in [0, 0.1) is 6.92 Å². The van der Waals surface area contributed by atoms with Crippen LogP contribution in [0.3, 0.4) is 0 Å². The average molecular weight is 490 g/mol. The SMILES string of the molecule is Cc1ccc(/C(=C2\C=CC(c3ccc(C=O)cc3)=N2)c2ccc(-c3ccc(C=O)cc3)n2B(F)F)cc1. The predicted octanol–water partition coefficient (Wildman–Crippen LogP) is 6.68. The van der Waals surface area contributed by atoms with Gasteiger partial charge in [0, 0.05) is 33.7 Å². The highest BCUT2D eigenvalue weighted by atomic mass is 19.2. The summed E-state index contributed by atoms with van der Waals surface area (Å²) in [6, 6.07) is 24.6. The number of allylic oxidation sites excluding steroid dienone is 2. The Kier molecular flexibility index (Phi) is 6.60. The molecule has 0 N–H and O–H groups in total. The van der Waals surface area contributed by atoms with Crippen LogP contribution in [0.25, 0.3) is 16.8 Å². The molecular weight excluding hydrogens is 469 g/mol. The molecule has 4 aromatic rings. The number of aliphatic imine (C=N–C) groups is 1. The minimum atomic E-state index is -2.81. The van der Waals surface area contributed by atoms with Gasteiger partial charge in [-0.3, -0.25) is 18.2 Å². The van der Waals surface area contributed by atoms with Gasteiger partial charge in [-0.05, 0) is 42.3 Å². The third kappa shape index (κ3) is 4.76. The van der Waals surface area contributed by atoms with Crippen molar-refractivity contribution in [1.29, 1.82) is 0 Å². The Bertz CT molecular complexity index is 1560. The Labute approximate surface area is 213 Å². The highest BCUT2D eigenvalue weighted by molar-refractivity contribution is 6.42.